The molecule has 272 valence electrons. The number of fused-ring (bicyclic) bond motifs is 1. The van der Waals surface area contributed by atoms with Gasteiger partial charge in [0.15, 0.2) is 11.5 Å². The molecule has 0 fully saturated rings. The standard InChI is InChI=1S/C42H42N4O7/c1-4-53-39(47)27-46-36(23-29-9-6-5-7-10-29)41(49)44-35(42(46)50)22-30-11-8-12-32(21-30)40(48)43-34-15-13-28(14-16-34)17-19-45-20-18-31-24-37(51-2)38(52-3)25-33(31)26-45/h5-16,21-25H,4,17-20,26-27H2,1-3H3,(H,43,48)(H,44,49). The van der Waals surface area contributed by atoms with Gasteiger partial charge in [0.25, 0.3) is 17.0 Å². The number of benzene rings is 4. The molecule has 0 unspecified atom stereocenters. The Morgan fingerprint density at radius 2 is 1.57 bits per heavy atom. The average Bonchev–Trinajstić information content (AvgIpc) is 3.17. The highest BCUT2D eigenvalue weighted by Gasteiger charge is 2.19. The van der Waals surface area contributed by atoms with Crippen LogP contribution in [0.15, 0.2) is 101 Å². The minimum absolute atomic E-state index is 0.0187. The van der Waals surface area contributed by atoms with Gasteiger partial charge < -0.3 is 24.5 Å². The average molecular weight is 715 g/mol. The maximum Gasteiger partial charge on any atom is 0.326 e. The summed E-state index contributed by atoms with van der Waals surface area (Å²) < 4.78 is 17.1. The van der Waals surface area contributed by atoms with Crippen LogP contribution in [0.3, 0.4) is 0 Å². The number of hydrogen-bond acceptors (Lipinski definition) is 8. The Morgan fingerprint density at radius 3 is 2.28 bits per heavy atom. The molecule has 11 nitrogen and oxygen atoms in total. The van der Waals surface area contributed by atoms with E-state index in [1.165, 1.54) is 17.2 Å². The minimum Gasteiger partial charge on any atom is -0.493 e. The number of carbonyl (C=O) groups excluding carboxylic acids is 2. The number of nitrogens with zero attached hydrogens (tertiary/aromatic N) is 2. The molecule has 2 N–H and O–H groups in total. The second-order valence-electron chi connectivity index (χ2n) is 12.7. The molecule has 0 saturated carbocycles. The van der Waals surface area contributed by atoms with E-state index in [-0.39, 0.29) is 23.2 Å². The molecule has 1 aliphatic rings. The van der Waals surface area contributed by atoms with E-state index >= 15 is 0 Å². The molecule has 0 spiro atoms. The molecule has 0 saturated heterocycles. The molecule has 53 heavy (non-hydrogen) atoms. The van der Waals surface area contributed by atoms with Crippen LogP contribution in [0.1, 0.15) is 45.1 Å². The van der Waals surface area contributed by atoms with Crippen LogP contribution in [0.4, 0.5) is 5.69 Å². The predicted molar refractivity (Wildman–Crippen MR) is 204 cm³/mol. The molecular weight excluding hydrogens is 672 g/mol. The summed E-state index contributed by atoms with van der Waals surface area (Å²) in [5.41, 5.74) is 4.79. The van der Waals surface area contributed by atoms with Crippen LogP contribution in [0, 0.1) is 0 Å². The minimum atomic E-state index is -0.642. The molecule has 6 rings (SSSR count). The van der Waals surface area contributed by atoms with Gasteiger partial charge in [-0.1, -0.05) is 54.6 Å². The number of methoxy groups -OCH3 is 2. The first-order chi connectivity index (χ1) is 25.7. The number of hydrogen-bond donors (Lipinski definition) is 2. The van der Waals surface area contributed by atoms with Gasteiger partial charge in [-0.25, -0.2) is 0 Å². The van der Waals surface area contributed by atoms with Gasteiger partial charge in [0.1, 0.15) is 17.2 Å². The Kier molecular flexibility index (Phi) is 11.7. The zero-order chi connectivity index (χ0) is 37.3. The maximum atomic E-state index is 13.6. The number of aromatic amines is 1. The molecule has 1 amide bonds. The highest BCUT2D eigenvalue weighted by atomic mass is 16.5. The van der Waals surface area contributed by atoms with Crippen LogP contribution in [0.5, 0.6) is 11.5 Å². The van der Waals surface area contributed by atoms with Gasteiger partial charge in [-0.3, -0.25) is 28.6 Å². The summed E-state index contributed by atoms with van der Waals surface area (Å²) in [5.74, 6) is 0.534. The smallest absolute Gasteiger partial charge is 0.326 e. The number of esters is 1. The molecule has 4 aromatic carbocycles. The number of H-pyrrole nitrogens is 1. The first kappa shape index (κ1) is 36.6. The Morgan fingerprint density at radius 1 is 0.849 bits per heavy atom. The van der Waals surface area contributed by atoms with E-state index in [4.69, 9.17) is 14.2 Å². The fourth-order valence-corrected chi connectivity index (χ4v) is 6.37. The zero-order valence-electron chi connectivity index (χ0n) is 30.0. The molecule has 0 radical (unpaired) electrons. The van der Waals surface area contributed by atoms with E-state index in [9.17, 15) is 19.2 Å². The number of rotatable bonds is 12. The third kappa shape index (κ3) is 9.00. The fourth-order valence-electron chi connectivity index (χ4n) is 6.37. The van der Waals surface area contributed by atoms with E-state index in [1.807, 2.05) is 42.5 Å². The van der Waals surface area contributed by atoms with E-state index in [2.05, 4.69) is 27.3 Å². The summed E-state index contributed by atoms with van der Waals surface area (Å²) in [6.07, 6.45) is 4.84. The molecule has 11 heteroatoms. The van der Waals surface area contributed by atoms with E-state index in [0.717, 1.165) is 54.1 Å². The van der Waals surface area contributed by atoms with Crippen LogP contribution in [-0.4, -0.2) is 60.2 Å². The number of carbonyl (C=O) groups is 2. The molecule has 0 aliphatic carbocycles. The van der Waals surface area contributed by atoms with Crippen molar-refractivity contribution in [1.29, 1.82) is 0 Å². The van der Waals surface area contributed by atoms with Crippen molar-refractivity contribution < 1.29 is 23.8 Å². The van der Waals surface area contributed by atoms with Gasteiger partial charge in [0, 0.05) is 30.9 Å². The molecule has 2 heterocycles. The van der Waals surface area contributed by atoms with Gasteiger partial charge >= 0.3 is 5.97 Å². The third-order valence-electron chi connectivity index (χ3n) is 9.13. The summed E-state index contributed by atoms with van der Waals surface area (Å²) >= 11 is 0. The van der Waals surface area contributed by atoms with Gasteiger partial charge in [-0.15, -0.1) is 0 Å². The molecule has 1 aliphatic heterocycles. The van der Waals surface area contributed by atoms with E-state index in [0.29, 0.717) is 22.4 Å². The maximum absolute atomic E-state index is 13.6. The van der Waals surface area contributed by atoms with Crippen molar-refractivity contribution in [2.75, 3.05) is 39.2 Å². The highest BCUT2D eigenvalue weighted by Crippen LogP contribution is 2.33. The van der Waals surface area contributed by atoms with Gasteiger partial charge in [0.2, 0.25) is 0 Å². The third-order valence-corrected chi connectivity index (χ3v) is 9.13. The lowest BCUT2D eigenvalue weighted by molar-refractivity contribution is -0.143. The Bertz CT molecular complexity index is 2350. The van der Waals surface area contributed by atoms with Crippen LogP contribution in [-0.2, 0) is 35.5 Å². The van der Waals surface area contributed by atoms with Crippen molar-refractivity contribution >= 4 is 29.7 Å². The molecule has 0 atom stereocenters. The number of anilines is 1. The lowest BCUT2D eigenvalue weighted by Gasteiger charge is -2.29. The first-order valence-corrected chi connectivity index (χ1v) is 17.5. The Balaban J connectivity index is 1.14. The van der Waals surface area contributed by atoms with Crippen LogP contribution >= 0.6 is 0 Å². The summed E-state index contributed by atoms with van der Waals surface area (Å²) in [7, 11) is 3.31. The van der Waals surface area contributed by atoms with Crippen LogP contribution < -0.4 is 36.6 Å². The quantitative estimate of drug-likeness (QED) is 0.188. The fraction of sp³-hybridized carbons (Fsp3) is 0.238. The SMILES string of the molecule is CCOC(=O)Cn1c(=O)c(=Cc2cccc(C(=O)Nc3ccc(CCN4CCc5cc(OC)c(OC)cc5C4)cc3)c2)[nH]c(=O)c1=Cc1ccccc1. The largest absolute Gasteiger partial charge is 0.493 e. The van der Waals surface area contributed by atoms with Crippen LogP contribution in [0.2, 0.25) is 0 Å². The molecule has 0 bridgehead atoms. The summed E-state index contributed by atoms with van der Waals surface area (Å²) in [4.78, 5) is 57.7. The lowest BCUT2D eigenvalue weighted by Crippen LogP contribution is -2.54. The summed E-state index contributed by atoms with van der Waals surface area (Å²) in [6, 6.07) is 27.7. The molecule has 1 aromatic heterocycles. The predicted octanol–water partition coefficient (Wildman–Crippen LogP) is 3.63. The van der Waals surface area contributed by atoms with Crippen molar-refractivity contribution in [2.45, 2.75) is 32.9 Å². The lowest BCUT2D eigenvalue weighted by atomic mass is 9.98. The van der Waals surface area contributed by atoms with Gasteiger partial charge in [-0.05, 0) is 96.1 Å². The second-order valence-corrected chi connectivity index (χ2v) is 12.7. The monoisotopic (exact) mass is 714 g/mol. The van der Waals surface area contributed by atoms with E-state index < -0.39 is 23.6 Å². The van der Waals surface area contributed by atoms with E-state index in [1.54, 1.807) is 63.6 Å². The van der Waals surface area contributed by atoms with Gasteiger partial charge in [-0.2, -0.15) is 0 Å². The van der Waals surface area contributed by atoms with Crippen molar-refractivity contribution in [3.63, 3.8) is 0 Å². The Hall–Kier alpha value is -6.20. The first-order valence-electron chi connectivity index (χ1n) is 17.5. The zero-order valence-corrected chi connectivity index (χ0v) is 30.0. The summed E-state index contributed by atoms with van der Waals surface area (Å²) in [6.45, 7) is 4.07. The van der Waals surface area contributed by atoms with Crippen molar-refractivity contribution in [3.8, 4) is 11.5 Å². The Labute approximate surface area is 306 Å². The number of aromatic nitrogens is 2. The molecule has 5 aromatic rings. The number of nitrogens with one attached hydrogen (secondary N) is 2. The molecular formula is C42H42N4O7. The normalized spacial score (nSPS) is 13.3. The van der Waals surface area contributed by atoms with Crippen LogP contribution in [0.25, 0.3) is 12.2 Å². The van der Waals surface area contributed by atoms with Gasteiger partial charge in [0.05, 0.1) is 20.8 Å². The van der Waals surface area contributed by atoms with Crippen molar-refractivity contribution in [1.82, 2.24) is 14.5 Å². The highest BCUT2D eigenvalue weighted by molar-refractivity contribution is 6.04. The van der Waals surface area contributed by atoms with Crippen molar-refractivity contribution in [3.05, 3.63) is 156 Å². The van der Waals surface area contributed by atoms with Crippen molar-refractivity contribution in [2.24, 2.45) is 0 Å². The summed E-state index contributed by atoms with van der Waals surface area (Å²) in [5, 5.41) is 2.93. The second kappa shape index (κ2) is 16.9. The number of ether oxygens (including phenoxy) is 3. The number of amides is 1. The topological polar surface area (TPSA) is 132 Å².